The molecule has 0 bridgehead atoms. The third-order valence-electron chi connectivity index (χ3n) is 4.48. The number of hydrogen-bond donors (Lipinski definition) is 1. The minimum atomic E-state index is -0.370. The van der Waals surface area contributed by atoms with E-state index in [4.69, 9.17) is 4.74 Å². The molecule has 2 amide bonds. The molecule has 28 heavy (non-hydrogen) atoms. The number of benzene rings is 2. The fraction of sp³-hybridized carbons (Fsp3) is 0.0952. The zero-order valence-electron chi connectivity index (χ0n) is 15.0. The van der Waals surface area contributed by atoms with Crippen molar-refractivity contribution in [3.05, 3.63) is 76.3 Å². The van der Waals surface area contributed by atoms with Crippen LogP contribution in [0.4, 0.5) is 4.79 Å². The molecule has 1 saturated heterocycles. The Hall–Kier alpha value is -3.32. The second-order valence-corrected chi connectivity index (χ2v) is 7.28. The number of nitrogens with one attached hydrogen (secondary N) is 1. The minimum Gasteiger partial charge on any atom is -0.465 e. The van der Waals surface area contributed by atoms with E-state index in [1.165, 1.54) is 7.11 Å². The molecule has 3 aromatic rings. The number of carbonyl (C=O) groups excluding carboxylic acids is 3. The number of fused-ring (bicyclic) bond motifs is 1. The topological polar surface area (TPSA) is 77.4 Å². The van der Waals surface area contributed by atoms with Crippen LogP contribution in [0.5, 0.6) is 0 Å². The van der Waals surface area contributed by atoms with E-state index >= 15 is 0 Å². The Balaban J connectivity index is 1.69. The first kappa shape index (κ1) is 18.1. The highest BCUT2D eigenvalue weighted by atomic mass is 32.2. The van der Waals surface area contributed by atoms with Crippen LogP contribution >= 0.6 is 11.8 Å². The highest BCUT2D eigenvalue weighted by Crippen LogP contribution is 2.30. The van der Waals surface area contributed by atoms with Gasteiger partial charge in [0.2, 0.25) is 0 Å². The maximum atomic E-state index is 11.9. The molecule has 2 heterocycles. The smallest absolute Gasteiger partial charge is 0.337 e. The average Bonchev–Trinajstić information content (AvgIpc) is 3.21. The standard InChI is InChI=1S/C21H16N2O4S/c1-27-20(25)14-8-6-13(7-9-14)11-23-12-15(16-4-2-3-5-17(16)23)10-18-19(24)22-21(26)28-18/h2-10,12H,11H2,1H3,(H,22,24,26)/b18-10-. The average molecular weight is 392 g/mol. The van der Waals surface area contributed by atoms with Gasteiger partial charge in [0.05, 0.1) is 17.6 Å². The van der Waals surface area contributed by atoms with E-state index in [-0.39, 0.29) is 17.1 Å². The van der Waals surface area contributed by atoms with Crippen molar-refractivity contribution in [2.45, 2.75) is 6.54 Å². The fourth-order valence-corrected chi connectivity index (χ4v) is 3.82. The number of carbonyl (C=O) groups is 3. The number of amides is 2. The predicted molar refractivity (Wildman–Crippen MR) is 108 cm³/mol. The third kappa shape index (κ3) is 3.44. The maximum absolute atomic E-state index is 11.9. The molecule has 1 aromatic heterocycles. The van der Waals surface area contributed by atoms with Crippen LogP contribution < -0.4 is 5.32 Å². The van der Waals surface area contributed by atoms with E-state index in [2.05, 4.69) is 9.88 Å². The molecule has 1 aliphatic rings. The number of nitrogens with zero attached hydrogens (tertiary/aromatic N) is 1. The molecule has 140 valence electrons. The Labute approximate surface area is 165 Å². The number of methoxy groups -OCH3 is 1. The third-order valence-corrected chi connectivity index (χ3v) is 5.29. The molecule has 0 saturated carbocycles. The van der Waals surface area contributed by atoms with E-state index in [1.807, 2.05) is 42.6 Å². The number of rotatable bonds is 4. The van der Waals surface area contributed by atoms with Crippen LogP contribution in [0.1, 0.15) is 21.5 Å². The Morgan fingerprint density at radius 1 is 1.14 bits per heavy atom. The van der Waals surface area contributed by atoms with Gasteiger partial charge in [0, 0.05) is 29.2 Å². The maximum Gasteiger partial charge on any atom is 0.337 e. The summed E-state index contributed by atoms with van der Waals surface area (Å²) in [5.41, 5.74) is 3.41. The van der Waals surface area contributed by atoms with Crippen molar-refractivity contribution >= 4 is 45.9 Å². The summed E-state index contributed by atoms with van der Waals surface area (Å²) in [5, 5.41) is 2.91. The first-order valence-corrected chi connectivity index (χ1v) is 9.37. The Morgan fingerprint density at radius 3 is 2.57 bits per heavy atom. The Bertz CT molecular complexity index is 1130. The van der Waals surface area contributed by atoms with Crippen molar-refractivity contribution in [2.75, 3.05) is 7.11 Å². The van der Waals surface area contributed by atoms with Crippen molar-refractivity contribution in [2.24, 2.45) is 0 Å². The van der Waals surface area contributed by atoms with Crippen molar-refractivity contribution < 1.29 is 19.1 Å². The lowest BCUT2D eigenvalue weighted by atomic mass is 10.1. The predicted octanol–water partition coefficient (Wildman–Crippen LogP) is 3.80. The van der Waals surface area contributed by atoms with Gasteiger partial charge in [-0.15, -0.1) is 0 Å². The molecule has 1 aliphatic heterocycles. The number of esters is 1. The number of thioether (sulfide) groups is 1. The summed E-state index contributed by atoms with van der Waals surface area (Å²) in [6, 6.07) is 15.1. The first-order valence-electron chi connectivity index (χ1n) is 8.55. The van der Waals surface area contributed by atoms with Gasteiger partial charge in [-0.3, -0.25) is 14.9 Å². The molecule has 0 unspecified atom stereocenters. The molecular formula is C21H16N2O4S. The highest BCUT2D eigenvalue weighted by molar-refractivity contribution is 8.18. The zero-order valence-corrected chi connectivity index (χ0v) is 15.8. The molecular weight excluding hydrogens is 376 g/mol. The molecule has 0 radical (unpaired) electrons. The van der Waals surface area contributed by atoms with Crippen molar-refractivity contribution in [3.8, 4) is 0 Å². The molecule has 0 spiro atoms. The summed E-state index contributed by atoms with van der Waals surface area (Å²) in [4.78, 5) is 35.3. The van der Waals surface area contributed by atoms with E-state index in [1.54, 1.807) is 18.2 Å². The quantitative estimate of drug-likeness (QED) is 0.540. The zero-order chi connectivity index (χ0) is 19.7. The SMILES string of the molecule is COC(=O)c1ccc(Cn2cc(/C=C3\SC(=O)NC3=O)c3ccccc32)cc1. The lowest BCUT2D eigenvalue weighted by Gasteiger charge is -2.06. The van der Waals surface area contributed by atoms with E-state index in [9.17, 15) is 14.4 Å². The van der Waals surface area contributed by atoms with Gasteiger partial charge in [0.1, 0.15) is 0 Å². The second-order valence-electron chi connectivity index (χ2n) is 6.27. The molecule has 1 fully saturated rings. The number of aromatic nitrogens is 1. The summed E-state index contributed by atoms with van der Waals surface area (Å²) < 4.78 is 6.80. The van der Waals surface area contributed by atoms with Crippen LogP contribution in [-0.4, -0.2) is 28.8 Å². The van der Waals surface area contributed by atoms with Gasteiger partial charge < -0.3 is 9.30 Å². The molecule has 0 atom stereocenters. The second kappa shape index (κ2) is 7.36. The van der Waals surface area contributed by atoms with Gasteiger partial charge in [0.15, 0.2) is 0 Å². The van der Waals surface area contributed by atoms with E-state index in [0.29, 0.717) is 17.0 Å². The van der Waals surface area contributed by atoms with Crippen LogP contribution in [-0.2, 0) is 16.1 Å². The van der Waals surface area contributed by atoms with Crippen LogP contribution in [0, 0.1) is 0 Å². The van der Waals surface area contributed by atoms with Crippen LogP contribution in [0.25, 0.3) is 17.0 Å². The lowest BCUT2D eigenvalue weighted by Crippen LogP contribution is -2.17. The van der Waals surface area contributed by atoms with Crippen molar-refractivity contribution in [1.82, 2.24) is 9.88 Å². The summed E-state index contributed by atoms with van der Waals surface area (Å²) >= 11 is 0.905. The van der Waals surface area contributed by atoms with Crippen LogP contribution in [0.3, 0.4) is 0 Å². The molecule has 2 aromatic carbocycles. The fourth-order valence-electron chi connectivity index (χ4n) is 3.14. The normalized spacial score (nSPS) is 15.2. The molecule has 6 nitrogen and oxygen atoms in total. The van der Waals surface area contributed by atoms with Gasteiger partial charge in [0.25, 0.3) is 11.1 Å². The van der Waals surface area contributed by atoms with Gasteiger partial charge in [-0.05, 0) is 41.6 Å². The van der Waals surface area contributed by atoms with Gasteiger partial charge in [-0.2, -0.15) is 0 Å². The van der Waals surface area contributed by atoms with Gasteiger partial charge in [-0.1, -0.05) is 30.3 Å². The largest absolute Gasteiger partial charge is 0.465 e. The lowest BCUT2D eigenvalue weighted by molar-refractivity contribution is -0.115. The molecule has 4 rings (SSSR count). The number of imide groups is 1. The molecule has 0 aliphatic carbocycles. The van der Waals surface area contributed by atoms with Crippen molar-refractivity contribution in [3.63, 3.8) is 0 Å². The number of hydrogen-bond acceptors (Lipinski definition) is 5. The Morgan fingerprint density at radius 2 is 1.89 bits per heavy atom. The van der Waals surface area contributed by atoms with Gasteiger partial charge >= 0.3 is 5.97 Å². The summed E-state index contributed by atoms with van der Waals surface area (Å²) in [5.74, 6) is -0.737. The summed E-state index contributed by atoms with van der Waals surface area (Å²) in [7, 11) is 1.36. The molecule has 7 heteroatoms. The summed E-state index contributed by atoms with van der Waals surface area (Å²) in [6.45, 7) is 0.601. The monoisotopic (exact) mass is 392 g/mol. The summed E-state index contributed by atoms with van der Waals surface area (Å²) in [6.07, 6.45) is 3.70. The Kier molecular flexibility index (Phi) is 4.75. The van der Waals surface area contributed by atoms with Crippen molar-refractivity contribution in [1.29, 1.82) is 0 Å². The molecule has 1 N–H and O–H groups in total. The number of ether oxygens (including phenoxy) is 1. The van der Waals surface area contributed by atoms with Crippen LogP contribution in [0.15, 0.2) is 59.6 Å². The number of para-hydroxylation sites is 1. The first-order chi connectivity index (χ1) is 13.5. The highest BCUT2D eigenvalue weighted by Gasteiger charge is 2.25. The van der Waals surface area contributed by atoms with E-state index < -0.39 is 0 Å². The van der Waals surface area contributed by atoms with Crippen LogP contribution in [0.2, 0.25) is 0 Å². The minimum absolute atomic E-state index is 0.356. The van der Waals surface area contributed by atoms with Gasteiger partial charge in [-0.25, -0.2) is 4.79 Å². The van der Waals surface area contributed by atoms with E-state index in [0.717, 1.165) is 33.8 Å².